The van der Waals surface area contributed by atoms with E-state index < -0.39 is 5.91 Å². The van der Waals surface area contributed by atoms with E-state index in [9.17, 15) is 9.59 Å². The zero-order chi connectivity index (χ0) is 32.0. The molecule has 0 saturated carbocycles. The Kier molecular flexibility index (Phi) is 12.9. The predicted molar refractivity (Wildman–Crippen MR) is 177 cm³/mol. The molecule has 2 fully saturated rings. The number of para-hydroxylation sites is 1. The Morgan fingerprint density at radius 2 is 1.42 bits per heavy atom. The number of carbonyl (C=O) groups excluding carboxylic acids is 2. The third-order valence-corrected chi connectivity index (χ3v) is 7.92. The van der Waals surface area contributed by atoms with E-state index in [4.69, 9.17) is 25.9 Å². The van der Waals surface area contributed by atoms with Gasteiger partial charge in [0.05, 0.1) is 0 Å². The quantitative estimate of drug-likeness (QED) is 0.300. The van der Waals surface area contributed by atoms with Crippen LogP contribution in [0.15, 0.2) is 78.9 Å². The van der Waals surface area contributed by atoms with Crippen molar-refractivity contribution in [2.75, 3.05) is 58.9 Å². The van der Waals surface area contributed by atoms with Crippen molar-refractivity contribution in [3.8, 4) is 23.1 Å². The Balaban J connectivity index is 0.00000226. The lowest BCUT2D eigenvalue weighted by Gasteiger charge is -2.34. The number of hydrogen-bond donors (Lipinski definition) is 2. The van der Waals surface area contributed by atoms with Gasteiger partial charge in [-0.25, -0.2) is 4.98 Å². The molecule has 0 atom stereocenters. The van der Waals surface area contributed by atoms with Crippen LogP contribution in [0.5, 0.6) is 23.1 Å². The molecule has 45 heavy (non-hydrogen) atoms. The van der Waals surface area contributed by atoms with E-state index in [1.807, 2.05) is 61.2 Å². The molecule has 2 saturated heterocycles. The molecule has 10 nitrogen and oxygen atoms in total. The van der Waals surface area contributed by atoms with Crippen LogP contribution < -0.4 is 20.9 Å². The second kappa shape index (κ2) is 17.3. The first kappa shape index (κ1) is 33.6. The summed E-state index contributed by atoms with van der Waals surface area (Å²) in [5, 5.41) is 0. The third kappa shape index (κ3) is 9.87. The summed E-state index contributed by atoms with van der Waals surface area (Å²) in [6.07, 6.45) is 5.22. The standard InChI is InChI=1S/C33H40N6O4.C2H6/c34-16-20-38-23-21-37(22-24-38)17-4-7-31(40)39-18-14-25(15-19-39)30-13-12-29(32(35)41)33(36-30)43-28-10-8-27(9-11-28)42-26-5-2-1-3-6-26;1-2/h1-13,25H,14-24,34H2,(H2,35,41);1-2H3/b7-4+;. The normalized spacial score (nSPS) is 16.2. The van der Waals surface area contributed by atoms with Gasteiger partial charge in [-0.3, -0.25) is 19.4 Å². The number of piperidine rings is 1. The smallest absolute Gasteiger partial charge is 0.254 e. The van der Waals surface area contributed by atoms with Gasteiger partial charge in [0.15, 0.2) is 0 Å². The van der Waals surface area contributed by atoms with E-state index in [2.05, 4.69) is 9.80 Å². The number of amides is 2. The van der Waals surface area contributed by atoms with E-state index in [0.717, 1.165) is 63.6 Å². The molecule has 2 aliphatic rings. The van der Waals surface area contributed by atoms with Gasteiger partial charge in [0.2, 0.25) is 11.8 Å². The summed E-state index contributed by atoms with van der Waals surface area (Å²) >= 11 is 0. The molecule has 1 aromatic heterocycles. The van der Waals surface area contributed by atoms with Crippen molar-refractivity contribution in [1.29, 1.82) is 0 Å². The highest BCUT2D eigenvalue weighted by Gasteiger charge is 2.25. The Morgan fingerprint density at radius 1 is 0.822 bits per heavy atom. The highest BCUT2D eigenvalue weighted by Crippen LogP contribution is 2.32. The van der Waals surface area contributed by atoms with Crippen LogP contribution in [0.3, 0.4) is 0 Å². The van der Waals surface area contributed by atoms with E-state index >= 15 is 0 Å². The van der Waals surface area contributed by atoms with E-state index in [-0.39, 0.29) is 23.3 Å². The molecule has 0 bridgehead atoms. The molecule has 3 heterocycles. The van der Waals surface area contributed by atoms with E-state index in [1.54, 1.807) is 36.4 Å². The van der Waals surface area contributed by atoms with Crippen LogP contribution in [-0.2, 0) is 4.79 Å². The SMILES string of the molecule is CC.NCCN1CCN(C/C=C/C(=O)N2CCC(c3ccc(C(N)=O)c(Oc4ccc(Oc5ccccc5)cc4)n3)CC2)CC1. The summed E-state index contributed by atoms with van der Waals surface area (Å²) in [7, 11) is 0. The van der Waals surface area contributed by atoms with Crippen molar-refractivity contribution in [3.63, 3.8) is 0 Å². The number of rotatable bonds is 11. The van der Waals surface area contributed by atoms with Gasteiger partial charge in [0.1, 0.15) is 22.8 Å². The van der Waals surface area contributed by atoms with Crippen molar-refractivity contribution in [2.45, 2.75) is 32.6 Å². The number of carbonyl (C=O) groups is 2. The van der Waals surface area contributed by atoms with Gasteiger partial charge in [-0.2, -0.15) is 0 Å². The maximum Gasteiger partial charge on any atom is 0.254 e. The average molecular weight is 615 g/mol. The molecule has 2 aromatic carbocycles. The zero-order valence-electron chi connectivity index (χ0n) is 26.4. The van der Waals surface area contributed by atoms with Gasteiger partial charge in [-0.15, -0.1) is 0 Å². The number of ether oxygens (including phenoxy) is 2. The molecular weight excluding hydrogens is 568 g/mol. The highest BCUT2D eigenvalue weighted by molar-refractivity contribution is 5.95. The molecule has 0 aliphatic carbocycles. The molecule has 0 radical (unpaired) electrons. The fourth-order valence-electron chi connectivity index (χ4n) is 5.44. The molecule has 240 valence electrons. The highest BCUT2D eigenvalue weighted by atomic mass is 16.5. The maximum absolute atomic E-state index is 12.8. The topological polar surface area (TPSA) is 127 Å². The predicted octanol–water partition coefficient (Wildman–Crippen LogP) is 4.63. The monoisotopic (exact) mass is 614 g/mol. The minimum Gasteiger partial charge on any atom is -0.457 e. The van der Waals surface area contributed by atoms with Crippen LogP contribution in [0.25, 0.3) is 0 Å². The van der Waals surface area contributed by atoms with Crippen LogP contribution in [-0.4, -0.2) is 90.4 Å². The second-order valence-electron chi connectivity index (χ2n) is 10.9. The van der Waals surface area contributed by atoms with E-state index in [0.29, 0.717) is 31.1 Å². The Labute approximate surface area is 266 Å². The van der Waals surface area contributed by atoms with Crippen LogP contribution in [0.1, 0.15) is 48.7 Å². The fourth-order valence-corrected chi connectivity index (χ4v) is 5.44. The zero-order valence-corrected chi connectivity index (χ0v) is 26.4. The first-order chi connectivity index (χ1) is 22.0. The largest absolute Gasteiger partial charge is 0.457 e. The molecule has 3 aromatic rings. The summed E-state index contributed by atoms with van der Waals surface area (Å²) in [6, 6.07) is 20.1. The van der Waals surface area contributed by atoms with Crippen molar-refractivity contribution in [2.24, 2.45) is 11.5 Å². The van der Waals surface area contributed by atoms with Crippen LogP contribution in [0.4, 0.5) is 0 Å². The van der Waals surface area contributed by atoms with Crippen LogP contribution in [0.2, 0.25) is 0 Å². The number of primary amides is 1. The third-order valence-electron chi connectivity index (χ3n) is 7.92. The minimum absolute atomic E-state index is 0.0426. The summed E-state index contributed by atoms with van der Waals surface area (Å²) in [5.41, 5.74) is 12.3. The molecule has 10 heteroatoms. The minimum atomic E-state index is -0.609. The number of hydrogen-bond acceptors (Lipinski definition) is 8. The number of likely N-dealkylation sites (tertiary alicyclic amines) is 1. The van der Waals surface area contributed by atoms with E-state index in [1.165, 1.54) is 0 Å². The van der Waals surface area contributed by atoms with Crippen LogP contribution in [0, 0.1) is 0 Å². The molecule has 0 unspecified atom stereocenters. The molecule has 5 rings (SSSR count). The van der Waals surface area contributed by atoms with Gasteiger partial charge in [0.25, 0.3) is 5.91 Å². The van der Waals surface area contributed by atoms with Crippen LogP contribution >= 0.6 is 0 Å². The summed E-state index contributed by atoms with van der Waals surface area (Å²) in [6.45, 7) is 11.7. The Bertz CT molecular complexity index is 1380. The van der Waals surface area contributed by atoms with Gasteiger partial charge in [-0.05, 0) is 61.4 Å². The average Bonchev–Trinajstić information content (AvgIpc) is 3.08. The lowest BCUT2D eigenvalue weighted by atomic mass is 9.92. The summed E-state index contributed by atoms with van der Waals surface area (Å²) in [5.74, 6) is 1.66. The number of piperazine rings is 1. The van der Waals surface area contributed by atoms with Crippen molar-refractivity contribution in [3.05, 3.63) is 90.1 Å². The van der Waals surface area contributed by atoms with Crippen molar-refractivity contribution >= 4 is 11.8 Å². The van der Waals surface area contributed by atoms with Gasteiger partial charge in [0, 0.05) is 76.6 Å². The van der Waals surface area contributed by atoms with Gasteiger partial charge >= 0.3 is 0 Å². The lowest BCUT2D eigenvalue weighted by Crippen LogP contribution is -2.47. The molecular formula is C35H46N6O4. The molecule has 2 amide bonds. The number of nitrogens with zero attached hydrogens (tertiary/aromatic N) is 4. The first-order valence-corrected chi connectivity index (χ1v) is 15.9. The maximum atomic E-state index is 12.8. The van der Waals surface area contributed by atoms with Crippen molar-refractivity contribution in [1.82, 2.24) is 19.7 Å². The molecule has 0 spiro atoms. The summed E-state index contributed by atoms with van der Waals surface area (Å²) < 4.78 is 11.9. The number of nitrogens with two attached hydrogens (primary N) is 2. The second-order valence-corrected chi connectivity index (χ2v) is 10.9. The summed E-state index contributed by atoms with van der Waals surface area (Å²) in [4.78, 5) is 36.3. The molecule has 2 aliphatic heterocycles. The van der Waals surface area contributed by atoms with Crippen molar-refractivity contribution < 1.29 is 19.1 Å². The van der Waals surface area contributed by atoms with Gasteiger partial charge < -0.3 is 25.8 Å². The lowest BCUT2D eigenvalue weighted by molar-refractivity contribution is -0.127. The number of aromatic nitrogens is 1. The Hall–Kier alpha value is -4.25. The number of benzene rings is 2. The fraction of sp³-hybridized carbons (Fsp3) is 0.400. The van der Waals surface area contributed by atoms with Gasteiger partial charge in [-0.1, -0.05) is 38.1 Å². The molecule has 4 N–H and O–H groups in total. The first-order valence-electron chi connectivity index (χ1n) is 15.9. The number of pyridine rings is 1. The Morgan fingerprint density at radius 3 is 2.04 bits per heavy atom.